The molecule has 0 amide bonds. The van der Waals surface area contributed by atoms with Crippen LogP contribution in [0.5, 0.6) is 23.0 Å². The summed E-state index contributed by atoms with van der Waals surface area (Å²) in [5.74, 6) is -0.760. The highest BCUT2D eigenvalue weighted by atomic mass is 16.5. The fourth-order valence-corrected chi connectivity index (χ4v) is 15.3. The van der Waals surface area contributed by atoms with Crippen LogP contribution in [0.25, 0.3) is 94.3 Å². The molecule has 14 aromatic carbocycles. The van der Waals surface area contributed by atoms with Crippen LogP contribution in [-0.2, 0) is 5.41 Å². The van der Waals surface area contributed by atoms with Gasteiger partial charge in [0.25, 0.3) is 13.4 Å². The molecule has 5 aliphatic heterocycles. The molecule has 5 aliphatic rings. The first-order chi connectivity index (χ1) is 53.9. The quantitative estimate of drug-likeness (QED) is 0.142. The van der Waals surface area contributed by atoms with Gasteiger partial charge in [0.15, 0.2) is 0 Å². The molecule has 0 unspecified atom stereocenters. The van der Waals surface area contributed by atoms with Crippen molar-refractivity contribution < 1.29 is 32.8 Å². The van der Waals surface area contributed by atoms with Crippen molar-refractivity contribution >= 4 is 102 Å². The van der Waals surface area contributed by atoms with Gasteiger partial charge in [0.05, 0.1) is 45.7 Å². The number of benzene rings is 14. The van der Waals surface area contributed by atoms with E-state index in [-0.39, 0.29) is 119 Å². The molecule has 6 heterocycles. The summed E-state index contributed by atoms with van der Waals surface area (Å²) in [6.45, 7) is 3.43. The first-order valence-electron chi connectivity index (χ1n) is 40.3. The van der Waals surface area contributed by atoms with Gasteiger partial charge in [-0.25, -0.2) is 0 Å². The molecule has 0 spiro atoms. The number of hydrogen-bond donors (Lipinski definition) is 0. The third-order valence-electron chi connectivity index (χ3n) is 19.4. The van der Waals surface area contributed by atoms with E-state index in [4.69, 9.17) is 10.8 Å². The third kappa shape index (κ3) is 7.87. The molecule has 95 heavy (non-hydrogen) atoms. The maximum absolute atomic E-state index is 12.1. The van der Waals surface area contributed by atoms with Gasteiger partial charge in [-0.05, 0) is 143 Å². The molecule has 0 N–H and O–H groups in total. The van der Waals surface area contributed by atoms with Crippen molar-refractivity contribution in [3.05, 3.63) is 308 Å². The van der Waals surface area contributed by atoms with E-state index in [0.29, 0.717) is 56.0 Å². The first kappa shape index (κ1) is 39.6. The molecule has 444 valence electrons. The summed E-state index contributed by atoms with van der Waals surface area (Å²) in [5.41, 5.74) is 8.29. The highest BCUT2D eigenvalue weighted by Crippen LogP contribution is 2.56. The average molecular weight is 1230 g/mol. The predicted molar refractivity (Wildman–Crippen MR) is 397 cm³/mol. The summed E-state index contributed by atoms with van der Waals surface area (Å²) in [7, 11) is 0. The lowest BCUT2D eigenvalue weighted by molar-refractivity contribution is 0.466. The SMILES string of the molecule is [2H]c1c([2H])c([2H])c(-c2c([2H])c([2H])c3c(c2[2H])B2c4c(cc(C(C)(C)C)cc4N(c4c(-c5ccccc5)cccc4-c4ccccc4)c4c([2H])c5c6c(c42)Oc2c([2H])c([2H])c([2H])c4c2B6c2c(c([2H])c([2H])c6c7c([2H])c(-c8ccccc8)c([2H])c([2H])c7n-5c26)O4)N3c2c(-c3ccccc3)cccc2-c2ccccc2)c([2H])c1[2H]. The Kier molecular flexibility index (Phi) is 8.48. The molecule has 5 nitrogen and oxygen atoms in total. The Hall–Kier alpha value is -11.8. The highest BCUT2D eigenvalue weighted by molar-refractivity contribution is 7.04. The summed E-state index contributed by atoms with van der Waals surface area (Å²) >= 11 is 0. The Morgan fingerprint density at radius 1 is 0.347 bits per heavy atom. The molecule has 0 saturated heterocycles. The summed E-state index contributed by atoms with van der Waals surface area (Å²) in [6.07, 6.45) is 0. The molecule has 0 bridgehead atoms. The van der Waals surface area contributed by atoms with E-state index >= 15 is 0 Å². The summed E-state index contributed by atoms with van der Waals surface area (Å²) in [6, 6.07) is 54.7. The fourth-order valence-electron chi connectivity index (χ4n) is 15.3. The highest BCUT2D eigenvalue weighted by Gasteiger charge is 2.53. The zero-order chi connectivity index (χ0) is 77.6. The van der Waals surface area contributed by atoms with Crippen molar-refractivity contribution in [2.75, 3.05) is 9.80 Å². The number of rotatable bonds is 8. The van der Waals surface area contributed by atoms with Crippen molar-refractivity contribution in [2.24, 2.45) is 0 Å². The number of hydrogen-bond acceptors (Lipinski definition) is 4. The van der Waals surface area contributed by atoms with E-state index in [9.17, 15) is 21.9 Å². The van der Waals surface area contributed by atoms with Crippen LogP contribution < -0.4 is 52.1 Å². The fraction of sp³-hybridized carbons (Fsp3) is 0.0455. The minimum atomic E-state index is -1.50. The van der Waals surface area contributed by atoms with Crippen LogP contribution in [-0.4, -0.2) is 18.0 Å². The van der Waals surface area contributed by atoms with E-state index in [2.05, 4.69) is 32.9 Å². The smallest absolute Gasteiger partial charge is 0.266 e. The Balaban J connectivity index is 1.07. The largest absolute Gasteiger partial charge is 0.459 e. The lowest BCUT2D eigenvalue weighted by atomic mass is 9.29. The van der Waals surface area contributed by atoms with Crippen molar-refractivity contribution in [1.29, 1.82) is 0 Å². The summed E-state index contributed by atoms with van der Waals surface area (Å²) in [5, 5.41) is 0.0647. The van der Waals surface area contributed by atoms with Crippen molar-refractivity contribution in [3.8, 4) is 95.4 Å². The van der Waals surface area contributed by atoms with Crippen LogP contribution in [0, 0.1) is 0 Å². The average Bonchev–Trinajstić information content (AvgIpc) is 1.34. The van der Waals surface area contributed by atoms with Crippen LogP contribution in [0.3, 0.4) is 0 Å². The third-order valence-corrected chi connectivity index (χ3v) is 19.4. The topological polar surface area (TPSA) is 29.9 Å². The second-order valence-electron chi connectivity index (χ2n) is 25.6. The minimum absolute atomic E-state index is 0.0173. The molecule has 7 heteroatoms. The monoisotopic (exact) mass is 1230 g/mol. The molecule has 0 aliphatic carbocycles. The molecule has 1 aromatic heterocycles. The zero-order valence-electron chi connectivity index (χ0n) is 68.4. The minimum Gasteiger partial charge on any atom is -0.459 e. The van der Waals surface area contributed by atoms with Crippen LogP contribution >= 0.6 is 0 Å². The number of para-hydroxylation sites is 2. The van der Waals surface area contributed by atoms with Crippen molar-refractivity contribution in [1.82, 2.24) is 4.57 Å². The van der Waals surface area contributed by atoms with Crippen molar-refractivity contribution in [2.45, 2.75) is 26.2 Å². The Bertz CT molecular complexity index is 6640. The lowest BCUT2D eigenvalue weighted by Crippen LogP contribution is -2.66. The maximum Gasteiger partial charge on any atom is 0.266 e. The van der Waals surface area contributed by atoms with Gasteiger partial charge in [0.2, 0.25) is 0 Å². The van der Waals surface area contributed by atoms with Gasteiger partial charge >= 0.3 is 0 Å². The van der Waals surface area contributed by atoms with Crippen LogP contribution in [0.2, 0.25) is 0 Å². The van der Waals surface area contributed by atoms with E-state index in [1.807, 2.05) is 168 Å². The molecule has 0 saturated carbocycles. The van der Waals surface area contributed by atoms with Gasteiger partial charge in [-0.2, -0.15) is 0 Å². The number of ether oxygens (including phenoxy) is 2. The Morgan fingerprint density at radius 2 is 0.853 bits per heavy atom. The predicted octanol–water partition coefficient (Wildman–Crippen LogP) is 19.2. The molecule has 15 aromatic rings. The number of anilines is 6. The number of nitrogens with zero attached hydrogens (tertiary/aromatic N) is 3. The zero-order valence-corrected chi connectivity index (χ0v) is 51.4. The number of fused-ring (bicyclic) bond motifs is 9. The first-order valence-corrected chi connectivity index (χ1v) is 31.8. The molecule has 20 rings (SSSR count). The standard InChI is InChI=1S/C88H59B2N3O2/c1-88(2,3)62-51-72-79-73(52-62)93(85-65(58-33-18-8-19-34-58)39-23-40-66(85)59-35-20-9-21-36-59)74-53-75-81-87(95-77-42-24-41-76-82(77)90(81)83-78(94-76)48-45-67-68-49-60(54-25-10-4-11-26-54)43-46-70(68)91(75)86(67)83)80(74)89(79)69-50-61(55-27-12-5-13-28-55)44-47-71(69)92(72)84-63(56-29-14-6-15-30-56)37-22-38-64(84)57-31-16-7-17-32-57/h4-53H,1-3H3/i5D,12D,13D,24D,27D,28D,41D,42D,43D,44D,45D,46D,47D,48D,49D,50D,53D. The Morgan fingerprint density at radius 3 is 1.42 bits per heavy atom. The molecule has 0 atom stereocenters. The van der Waals surface area contributed by atoms with Gasteiger partial charge in [-0.15, -0.1) is 0 Å². The van der Waals surface area contributed by atoms with E-state index in [1.54, 1.807) is 34.9 Å². The Labute approximate surface area is 577 Å². The normalized spacial score (nSPS) is 15.8. The second kappa shape index (κ2) is 20.4. The maximum atomic E-state index is 12.1. The van der Waals surface area contributed by atoms with Crippen molar-refractivity contribution in [3.63, 3.8) is 0 Å². The van der Waals surface area contributed by atoms with Gasteiger partial charge in [0.1, 0.15) is 23.0 Å². The summed E-state index contributed by atoms with van der Waals surface area (Å²) in [4.78, 5) is 3.99. The van der Waals surface area contributed by atoms with Crippen LogP contribution in [0.15, 0.2) is 303 Å². The molecule has 0 fully saturated rings. The van der Waals surface area contributed by atoms with Gasteiger partial charge in [-0.1, -0.05) is 263 Å². The van der Waals surface area contributed by atoms with Crippen LogP contribution in [0.1, 0.15) is 49.6 Å². The number of aromatic nitrogens is 1. The summed E-state index contributed by atoms with van der Waals surface area (Å²) < 4.78 is 189. The van der Waals surface area contributed by atoms with E-state index in [0.717, 1.165) is 27.8 Å². The van der Waals surface area contributed by atoms with Gasteiger partial charge in [-0.3, -0.25) is 0 Å². The lowest BCUT2D eigenvalue weighted by Gasteiger charge is -2.48. The second-order valence-corrected chi connectivity index (χ2v) is 25.6. The molecule has 0 radical (unpaired) electrons. The van der Waals surface area contributed by atoms with E-state index in [1.165, 1.54) is 0 Å². The van der Waals surface area contributed by atoms with Crippen LogP contribution in [0.4, 0.5) is 34.1 Å². The van der Waals surface area contributed by atoms with Gasteiger partial charge in [0, 0.05) is 66.9 Å². The van der Waals surface area contributed by atoms with Gasteiger partial charge < -0.3 is 23.8 Å². The van der Waals surface area contributed by atoms with E-state index < -0.39 is 109 Å². The molecular formula is C88H59B2N3O2. The molecular weight excluding hydrogens is 1150 g/mol.